The Morgan fingerprint density at radius 1 is 1.13 bits per heavy atom. The Balaban J connectivity index is 1.29. The largest absolute Gasteiger partial charge is 0.395 e. The SMILES string of the molecule is Cc1cc(Nc2cc(N3CC(N4CCOCC4)C3)nc(Sc3ccc(CC(=O)CC(F)(F)F)cc3)n2)n[nH]1. The number of H-pyrrole nitrogens is 1. The van der Waals surface area contributed by atoms with E-state index >= 15 is 0 Å². The number of benzene rings is 1. The van der Waals surface area contributed by atoms with Gasteiger partial charge in [0.1, 0.15) is 23.8 Å². The van der Waals surface area contributed by atoms with E-state index in [9.17, 15) is 18.0 Å². The highest BCUT2D eigenvalue weighted by Gasteiger charge is 2.34. The summed E-state index contributed by atoms with van der Waals surface area (Å²) in [6, 6.07) is 11.1. The molecule has 3 aromatic rings. The van der Waals surface area contributed by atoms with Crippen LogP contribution in [0.1, 0.15) is 17.7 Å². The Kier molecular flexibility index (Phi) is 7.86. The summed E-state index contributed by atoms with van der Waals surface area (Å²) in [6.07, 6.45) is -6.17. The number of nitrogens with zero attached hydrogens (tertiary/aromatic N) is 5. The minimum atomic E-state index is -4.49. The van der Waals surface area contributed by atoms with Crippen molar-refractivity contribution in [3.8, 4) is 0 Å². The number of alkyl halides is 3. The van der Waals surface area contributed by atoms with E-state index in [1.54, 1.807) is 24.3 Å². The molecule has 202 valence electrons. The summed E-state index contributed by atoms with van der Waals surface area (Å²) in [4.78, 5) is 26.6. The van der Waals surface area contributed by atoms with E-state index < -0.39 is 18.4 Å². The fraction of sp³-hybridized carbons (Fsp3) is 0.440. The third-order valence-corrected chi connectivity index (χ3v) is 7.21. The highest BCUT2D eigenvalue weighted by Crippen LogP contribution is 2.31. The molecule has 2 saturated heterocycles. The molecular formula is C25H28F3N7O2S. The van der Waals surface area contributed by atoms with Crippen molar-refractivity contribution in [1.29, 1.82) is 0 Å². The lowest BCUT2D eigenvalue weighted by atomic mass is 10.1. The molecule has 0 radical (unpaired) electrons. The van der Waals surface area contributed by atoms with Crippen molar-refractivity contribution in [2.45, 2.75) is 42.0 Å². The van der Waals surface area contributed by atoms with Crippen molar-refractivity contribution >= 4 is 35.0 Å². The van der Waals surface area contributed by atoms with E-state index in [1.807, 2.05) is 19.1 Å². The first-order valence-electron chi connectivity index (χ1n) is 12.3. The molecule has 0 saturated carbocycles. The predicted molar refractivity (Wildman–Crippen MR) is 137 cm³/mol. The van der Waals surface area contributed by atoms with Gasteiger partial charge in [0, 0.05) is 61.4 Å². The van der Waals surface area contributed by atoms with Gasteiger partial charge in [-0.3, -0.25) is 14.8 Å². The molecule has 9 nitrogen and oxygen atoms in total. The number of hydrogen-bond acceptors (Lipinski definition) is 9. The number of Topliss-reactive ketones (excluding diaryl/α,β-unsaturated/α-hetero) is 1. The van der Waals surface area contributed by atoms with Crippen LogP contribution in [0.4, 0.5) is 30.6 Å². The van der Waals surface area contributed by atoms with Gasteiger partial charge in [0.25, 0.3) is 0 Å². The molecule has 0 unspecified atom stereocenters. The number of halogens is 3. The van der Waals surface area contributed by atoms with Crippen molar-refractivity contribution in [2.75, 3.05) is 49.6 Å². The van der Waals surface area contributed by atoms with Crippen LogP contribution in [-0.2, 0) is 16.0 Å². The molecule has 0 atom stereocenters. The van der Waals surface area contributed by atoms with Crippen LogP contribution in [0, 0.1) is 6.92 Å². The van der Waals surface area contributed by atoms with Crippen LogP contribution >= 0.6 is 11.8 Å². The zero-order valence-electron chi connectivity index (χ0n) is 20.8. The van der Waals surface area contributed by atoms with Crippen LogP contribution < -0.4 is 10.2 Å². The van der Waals surface area contributed by atoms with Crippen LogP contribution in [-0.4, -0.2) is 82.5 Å². The molecule has 0 bridgehead atoms. The molecule has 0 amide bonds. The molecule has 4 heterocycles. The fourth-order valence-corrected chi connectivity index (χ4v) is 5.17. The minimum Gasteiger partial charge on any atom is -0.379 e. The second-order valence-electron chi connectivity index (χ2n) is 9.42. The highest BCUT2D eigenvalue weighted by molar-refractivity contribution is 7.99. The number of nitrogens with one attached hydrogen (secondary N) is 2. The quantitative estimate of drug-likeness (QED) is 0.385. The van der Waals surface area contributed by atoms with Gasteiger partial charge < -0.3 is 15.0 Å². The van der Waals surface area contributed by atoms with E-state index in [0.29, 0.717) is 28.4 Å². The molecule has 13 heteroatoms. The summed E-state index contributed by atoms with van der Waals surface area (Å²) < 4.78 is 42.9. The average molecular weight is 548 g/mol. The smallest absolute Gasteiger partial charge is 0.379 e. The lowest BCUT2D eigenvalue weighted by Crippen LogP contribution is -2.61. The first-order valence-corrected chi connectivity index (χ1v) is 13.1. The monoisotopic (exact) mass is 547 g/mol. The second-order valence-corrected chi connectivity index (χ2v) is 10.5. The number of hydrogen-bond donors (Lipinski definition) is 2. The van der Waals surface area contributed by atoms with E-state index in [4.69, 9.17) is 9.72 Å². The van der Waals surface area contributed by atoms with Gasteiger partial charge in [0.05, 0.1) is 13.2 Å². The molecule has 2 aliphatic rings. The zero-order valence-corrected chi connectivity index (χ0v) is 21.6. The molecule has 2 aromatic heterocycles. The van der Waals surface area contributed by atoms with E-state index in [2.05, 4.69) is 30.3 Å². The minimum absolute atomic E-state index is 0.257. The Bertz CT molecular complexity index is 1260. The molecular weight excluding hydrogens is 519 g/mol. The Hall–Kier alpha value is -3.16. The van der Waals surface area contributed by atoms with Crippen LogP contribution in [0.25, 0.3) is 0 Å². The predicted octanol–water partition coefficient (Wildman–Crippen LogP) is 3.99. The molecule has 1 aromatic carbocycles. The molecule has 38 heavy (non-hydrogen) atoms. The van der Waals surface area contributed by atoms with E-state index in [1.165, 1.54) is 11.8 Å². The Labute approximate surface area is 222 Å². The highest BCUT2D eigenvalue weighted by atomic mass is 32.2. The standard InChI is InChI=1S/C25H28F3N7O2S/c1-16-10-22(33-32-16)29-21-12-23(35-14-18(15-35)34-6-8-37-9-7-34)31-24(30-21)38-20-4-2-17(3-5-20)11-19(36)13-25(26,27)28/h2-5,10,12,18H,6-9,11,13-15H2,1H3,(H2,29,30,31,32,33). The molecule has 2 fully saturated rings. The van der Waals surface area contributed by atoms with Crippen molar-refractivity contribution in [2.24, 2.45) is 0 Å². The number of carbonyl (C=O) groups excluding carboxylic acids is 1. The number of ketones is 1. The van der Waals surface area contributed by atoms with E-state index in [-0.39, 0.29) is 6.42 Å². The third-order valence-electron chi connectivity index (χ3n) is 6.33. The number of anilines is 3. The number of aromatic amines is 1. The first-order chi connectivity index (χ1) is 18.2. The first kappa shape index (κ1) is 26.4. The zero-order chi connectivity index (χ0) is 26.7. The maximum Gasteiger partial charge on any atom is 0.395 e. The van der Waals surface area contributed by atoms with Crippen LogP contribution in [0.3, 0.4) is 0 Å². The second kappa shape index (κ2) is 11.3. The van der Waals surface area contributed by atoms with Gasteiger partial charge >= 0.3 is 6.18 Å². The van der Waals surface area contributed by atoms with E-state index in [0.717, 1.165) is 55.8 Å². The van der Waals surface area contributed by atoms with Gasteiger partial charge in [-0.15, -0.1) is 0 Å². The summed E-state index contributed by atoms with van der Waals surface area (Å²) >= 11 is 1.34. The molecule has 5 rings (SSSR count). The lowest BCUT2D eigenvalue weighted by Gasteiger charge is -2.47. The topological polar surface area (TPSA) is 99.3 Å². The maximum absolute atomic E-state index is 12.5. The van der Waals surface area contributed by atoms with Crippen molar-refractivity contribution in [3.05, 3.63) is 47.7 Å². The summed E-state index contributed by atoms with van der Waals surface area (Å²) in [6.45, 7) is 7.04. The fourth-order valence-electron chi connectivity index (χ4n) is 4.41. The van der Waals surface area contributed by atoms with Gasteiger partial charge in [-0.2, -0.15) is 18.3 Å². The van der Waals surface area contributed by atoms with Gasteiger partial charge in [-0.25, -0.2) is 9.97 Å². The number of rotatable bonds is 9. The summed E-state index contributed by atoms with van der Waals surface area (Å²) in [5, 5.41) is 10.9. The summed E-state index contributed by atoms with van der Waals surface area (Å²) in [7, 11) is 0. The lowest BCUT2D eigenvalue weighted by molar-refractivity contribution is -0.151. The molecule has 2 aliphatic heterocycles. The molecule has 2 N–H and O–H groups in total. The third kappa shape index (κ3) is 7.03. The Morgan fingerprint density at radius 3 is 2.53 bits per heavy atom. The molecule has 0 spiro atoms. The number of aryl methyl sites for hydroxylation is 1. The van der Waals surface area contributed by atoms with Gasteiger partial charge in [-0.1, -0.05) is 12.1 Å². The van der Waals surface area contributed by atoms with Gasteiger partial charge in [-0.05, 0) is 36.4 Å². The normalized spacial score (nSPS) is 16.9. The van der Waals surface area contributed by atoms with Crippen molar-refractivity contribution < 1.29 is 22.7 Å². The number of morpholine rings is 1. The Morgan fingerprint density at radius 2 is 1.87 bits per heavy atom. The van der Waals surface area contributed by atoms with Gasteiger partial charge in [0.2, 0.25) is 0 Å². The number of carbonyl (C=O) groups is 1. The van der Waals surface area contributed by atoms with Crippen LogP contribution in [0.2, 0.25) is 0 Å². The summed E-state index contributed by atoms with van der Waals surface area (Å²) in [5.41, 5.74) is 1.45. The average Bonchev–Trinajstić information content (AvgIpc) is 3.23. The number of aromatic nitrogens is 4. The maximum atomic E-state index is 12.5. The van der Waals surface area contributed by atoms with Crippen molar-refractivity contribution in [1.82, 2.24) is 25.1 Å². The molecule has 0 aliphatic carbocycles. The van der Waals surface area contributed by atoms with Crippen molar-refractivity contribution in [3.63, 3.8) is 0 Å². The number of ether oxygens (including phenoxy) is 1. The summed E-state index contributed by atoms with van der Waals surface area (Å²) in [5.74, 6) is 1.19. The van der Waals surface area contributed by atoms with Gasteiger partial charge in [0.15, 0.2) is 11.0 Å². The van der Waals surface area contributed by atoms with Crippen LogP contribution in [0.15, 0.2) is 46.5 Å². The van der Waals surface area contributed by atoms with Crippen LogP contribution in [0.5, 0.6) is 0 Å².